The largest absolute Gasteiger partial charge is 0.324 e. The van der Waals surface area contributed by atoms with Gasteiger partial charge in [0.15, 0.2) is 0 Å². The zero-order chi connectivity index (χ0) is 14.8. The van der Waals surface area contributed by atoms with E-state index in [0.717, 1.165) is 16.6 Å². The highest BCUT2D eigenvalue weighted by molar-refractivity contribution is 6.30. The van der Waals surface area contributed by atoms with Crippen LogP contribution < -0.4 is 5.73 Å². The summed E-state index contributed by atoms with van der Waals surface area (Å²) < 4.78 is 13.9. The molecule has 0 amide bonds. The summed E-state index contributed by atoms with van der Waals surface area (Å²) >= 11 is 5.76. The van der Waals surface area contributed by atoms with Gasteiger partial charge in [-0.2, -0.15) is 0 Å². The zero-order valence-corrected chi connectivity index (χ0v) is 11.9. The van der Waals surface area contributed by atoms with Crippen LogP contribution in [0, 0.1) is 5.82 Å². The lowest BCUT2D eigenvalue weighted by molar-refractivity contribution is 0.594. The zero-order valence-electron chi connectivity index (χ0n) is 11.1. The molecule has 0 bridgehead atoms. The number of halogens is 2. The Labute approximate surface area is 126 Å². The first-order valence-electron chi connectivity index (χ1n) is 6.54. The Kier molecular flexibility index (Phi) is 3.82. The molecule has 0 aliphatic rings. The van der Waals surface area contributed by atoms with E-state index >= 15 is 0 Å². The average Bonchev–Trinajstić information content (AvgIpc) is 2.49. The molecule has 0 aliphatic carbocycles. The summed E-state index contributed by atoms with van der Waals surface area (Å²) in [6, 6.07) is 9.92. The summed E-state index contributed by atoms with van der Waals surface area (Å²) in [5.74, 6) is -0.343. The van der Waals surface area contributed by atoms with Crippen molar-refractivity contribution < 1.29 is 4.39 Å². The molecule has 106 valence electrons. The van der Waals surface area contributed by atoms with Crippen molar-refractivity contribution in [3.8, 4) is 0 Å². The molecule has 2 N–H and O–H groups in total. The number of nitrogens with zero attached hydrogens (tertiary/aromatic N) is 2. The van der Waals surface area contributed by atoms with Gasteiger partial charge in [-0.1, -0.05) is 29.8 Å². The predicted molar refractivity (Wildman–Crippen MR) is 81.6 cm³/mol. The fourth-order valence-corrected chi connectivity index (χ4v) is 2.51. The fraction of sp³-hybridized carbons (Fsp3) is 0.125. The van der Waals surface area contributed by atoms with E-state index in [-0.39, 0.29) is 11.9 Å². The Morgan fingerprint density at radius 2 is 1.95 bits per heavy atom. The van der Waals surface area contributed by atoms with Gasteiger partial charge in [-0.15, -0.1) is 0 Å². The molecule has 3 aromatic rings. The van der Waals surface area contributed by atoms with Crippen LogP contribution in [0.15, 0.2) is 48.8 Å². The summed E-state index contributed by atoms with van der Waals surface area (Å²) in [5.41, 5.74) is 9.16. The molecule has 5 heteroatoms. The molecule has 0 radical (unpaired) electrons. The van der Waals surface area contributed by atoms with Crippen molar-refractivity contribution in [2.24, 2.45) is 5.73 Å². The summed E-state index contributed by atoms with van der Waals surface area (Å²) in [7, 11) is 0. The number of hydrogen-bond donors (Lipinski definition) is 1. The third-order valence-corrected chi connectivity index (χ3v) is 3.62. The van der Waals surface area contributed by atoms with Gasteiger partial charge in [0.05, 0.1) is 11.0 Å². The Bertz CT molecular complexity index is 786. The van der Waals surface area contributed by atoms with E-state index < -0.39 is 0 Å². The van der Waals surface area contributed by atoms with Gasteiger partial charge in [0.1, 0.15) is 5.82 Å². The van der Waals surface area contributed by atoms with Crippen molar-refractivity contribution in [1.29, 1.82) is 0 Å². The maximum absolute atomic E-state index is 13.9. The standard InChI is InChI=1S/C16H13ClFN3/c17-11-5-4-10(13(18)9-11)8-14(19)12-2-1-3-15-16(12)21-7-6-20-15/h1-7,9,14H,8,19H2. The van der Waals surface area contributed by atoms with E-state index in [2.05, 4.69) is 9.97 Å². The van der Waals surface area contributed by atoms with Crippen molar-refractivity contribution in [3.05, 3.63) is 70.8 Å². The second-order valence-electron chi connectivity index (χ2n) is 4.82. The molecule has 1 unspecified atom stereocenters. The molecular weight excluding hydrogens is 289 g/mol. The van der Waals surface area contributed by atoms with Gasteiger partial charge in [0.25, 0.3) is 0 Å². The normalized spacial score (nSPS) is 12.5. The molecule has 3 nitrogen and oxygen atoms in total. The van der Waals surface area contributed by atoms with E-state index in [1.54, 1.807) is 24.5 Å². The first kappa shape index (κ1) is 13.9. The summed E-state index contributed by atoms with van der Waals surface area (Å²) in [5, 5.41) is 0.376. The number of benzene rings is 2. The summed E-state index contributed by atoms with van der Waals surface area (Å²) in [6.45, 7) is 0. The van der Waals surface area contributed by atoms with Gasteiger partial charge in [0.2, 0.25) is 0 Å². The minimum Gasteiger partial charge on any atom is -0.324 e. The Hall–Kier alpha value is -2.04. The summed E-state index contributed by atoms with van der Waals surface area (Å²) in [6.07, 6.45) is 3.64. The van der Waals surface area contributed by atoms with Crippen LogP contribution in [-0.4, -0.2) is 9.97 Å². The van der Waals surface area contributed by atoms with Gasteiger partial charge in [-0.25, -0.2) is 4.39 Å². The first-order chi connectivity index (χ1) is 10.1. The summed E-state index contributed by atoms with van der Waals surface area (Å²) in [4.78, 5) is 8.57. The second kappa shape index (κ2) is 5.76. The highest BCUT2D eigenvalue weighted by Gasteiger charge is 2.14. The van der Waals surface area contributed by atoms with Gasteiger partial charge >= 0.3 is 0 Å². The maximum atomic E-state index is 13.9. The molecule has 0 saturated carbocycles. The van der Waals surface area contributed by atoms with E-state index in [4.69, 9.17) is 17.3 Å². The second-order valence-corrected chi connectivity index (χ2v) is 5.25. The molecule has 2 aromatic carbocycles. The molecule has 21 heavy (non-hydrogen) atoms. The van der Waals surface area contributed by atoms with Crippen LogP contribution in [-0.2, 0) is 6.42 Å². The van der Waals surface area contributed by atoms with E-state index in [1.165, 1.54) is 6.07 Å². The Balaban J connectivity index is 1.95. The highest BCUT2D eigenvalue weighted by Crippen LogP contribution is 2.24. The number of hydrogen-bond acceptors (Lipinski definition) is 3. The molecule has 0 saturated heterocycles. The van der Waals surface area contributed by atoms with Crippen LogP contribution >= 0.6 is 11.6 Å². The molecule has 0 fully saturated rings. The van der Waals surface area contributed by atoms with Gasteiger partial charge in [0, 0.05) is 23.5 Å². The molecule has 1 atom stereocenters. The van der Waals surface area contributed by atoms with Crippen LogP contribution in [0.1, 0.15) is 17.2 Å². The van der Waals surface area contributed by atoms with Gasteiger partial charge < -0.3 is 5.73 Å². The smallest absolute Gasteiger partial charge is 0.127 e. The van der Waals surface area contributed by atoms with E-state index in [9.17, 15) is 4.39 Å². The topological polar surface area (TPSA) is 51.8 Å². The lowest BCUT2D eigenvalue weighted by atomic mass is 9.98. The van der Waals surface area contributed by atoms with Crippen molar-refractivity contribution in [1.82, 2.24) is 9.97 Å². The molecule has 1 aromatic heterocycles. The highest BCUT2D eigenvalue weighted by atomic mass is 35.5. The van der Waals surface area contributed by atoms with Gasteiger partial charge in [-0.3, -0.25) is 9.97 Å². The SMILES string of the molecule is NC(Cc1ccc(Cl)cc1F)c1cccc2nccnc12. The Morgan fingerprint density at radius 3 is 2.76 bits per heavy atom. The predicted octanol–water partition coefficient (Wildman–Crippen LogP) is 3.66. The number of nitrogens with two attached hydrogens (primary N) is 1. The van der Waals surface area contributed by atoms with Crippen LogP contribution in [0.3, 0.4) is 0 Å². The fourth-order valence-electron chi connectivity index (χ4n) is 2.35. The lowest BCUT2D eigenvalue weighted by Gasteiger charge is -2.14. The molecule has 0 aliphatic heterocycles. The van der Waals surface area contributed by atoms with Crippen LogP contribution in [0.5, 0.6) is 0 Å². The van der Waals surface area contributed by atoms with Crippen LogP contribution in [0.25, 0.3) is 11.0 Å². The van der Waals surface area contributed by atoms with Crippen LogP contribution in [0.2, 0.25) is 5.02 Å². The number of rotatable bonds is 3. The van der Waals surface area contributed by atoms with Crippen molar-refractivity contribution in [3.63, 3.8) is 0 Å². The van der Waals surface area contributed by atoms with E-state index in [0.29, 0.717) is 17.0 Å². The Morgan fingerprint density at radius 1 is 1.14 bits per heavy atom. The quantitative estimate of drug-likeness (QED) is 0.803. The molecule has 1 heterocycles. The minimum absolute atomic E-state index is 0.343. The minimum atomic E-state index is -0.360. The van der Waals surface area contributed by atoms with Crippen LogP contribution in [0.4, 0.5) is 4.39 Å². The van der Waals surface area contributed by atoms with Crippen molar-refractivity contribution in [2.45, 2.75) is 12.5 Å². The maximum Gasteiger partial charge on any atom is 0.127 e. The monoisotopic (exact) mass is 301 g/mol. The number of aromatic nitrogens is 2. The first-order valence-corrected chi connectivity index (χ1v) is 6.92. The molecule has 3 rings (SSSR count). The average molecular weight is 302 g/mol. The third-order valence-electron chi connectivity index (χ3n) is 3.38. The molecular formula is C16H13ClFN3. The number of fused-ring (bicyclic) bond motifs is 1. The van der Waals surface area contributed by atoms with Gasteiger partial charge in [-0.05, 0) is 35.7 Å². The van der Waals surface area contributed by atoms with Crippen molar-refractivity contribution >= 4 is 22.6 Å². The van der Waals surface area contributed by atoms with E-state index in [1.807, 2.05) is 18.2 Å². The number of para-hydroxylation sites is 1. The lowest BCUT2D eigenvalue weighted by Crippen LogP contribution is -2.15. The molecule has 0 spiro atoms. The van der Waals surface area contributed by atoms with Crippen molar-refractivity contribution in [2.75, 3.05) is 0 Å². The third kappa shape index (κ3) is 2.86.